The summed E-state index contributed by atoms with van der Waals surface area (Å²) in [5.41, 5.74) is 1.51. The first kappa shape index (κ1) is 17.7. The summed E-state index contributed by atoms with van der Waals surface area (Å²) >= 11 is 0. The molecule has 0 saturated carbocycles. The number of hydrogen-bond donors (Lipinski definition) is 0. The van der Waals surface area contributed by atoms with Crippen LogP contribution in [0.3, 0.4) is 0 Å². The third kappa shape index (κ3) is 3.33. The molecule has 1 heterocycles. The zero-order valence-corrected chi connectivity index (χ0v) is 14.8. The van der Waals surface area contributed by atoms with Crippen molar-refractivity contribution < 1.29 is 18.3 Å². The number of hydrogen-bond acceptors (Lipinski definition) is 3. The molecule has 2 aromatic carbocycles. The molecule has 0 atom stereocenters. The number of methoxy groups -OCH3 is 1. The first-order valence-electron chi connectivity index (χ1n) is 8.26. The average molecular weight is 353 g/mol. The monoisotopic (exact) mass is 353 g/mol. The fourth-order valence-corrected chi connectivity index (χ4v) is 2.96. The number of halogens is 1. The Hall–Kier alpha value is -3.08. The van der Waals surface area contributed by atoms with Crippen molar-refractivity contribution in [2.24, 2.45) is 0 Å². The molecule has 5 heteroatoms. The molecule has 0 unspecified atom stereocenters. The maximum absolute atomic E-state index is 14.0. The summed E-state index contributed by atoms with van der Waals surface area (Å²) in [6.45, 7) is 5.90. The van der Waals surface area contributed by atoms with Crippen LogP contribution in [0.15, 0.2) is 59.5 Å². The van der Waals surface area contributed by atoms with Gasteiger partial charge in [-0.25, -0.2) is 4.39 Å². The Morgan fingerprint density at radius 3 is 2.77 bits per heavy atom. The Morgan fingerprint density at radius 2 is 2.08 bits per heavy atom. The Kier molecular flexibility index (Phi) is 5.07. The third-order valence-electron chi connectivity index (χ3n) is 4.24. The molecule has 0 aliphatic rings. The third-order valence-corrected chi connectivity index (χ3v) is 4.24. The molecule has 0 bridgehead atoms. The van der Waals surface area contributed by atoms with Gasteiger partial charge in [0.15, 0.2) is 0 Å². The van der Waals surface area contributed by atoms with E-state index in [-0.39, 0.29) is 18.3 Å². The lowest BCUT2D eigenvalue weighted by Gasteiger charge is -2.21. The van der Waals surface area contributed by atoms with Crippen LogP contribution in [0, 0.1) is 12.7 Å². The fourth-order valence-electron chi connectivity index (χ4n) is 2.96. The molecule has 0 N–H and O–H groups in total. The van der Waals surface area contributed by atoms with Gasteiger partial charge in [0.05, 0.1) is 12.7 Å². The van der Waals surface area contributed by atoms with E-state index in [0.29, 0.717) is 40.2 Å². The zero-order chi connectivity index (χ0) is 18.7. The van der Waals surface area contributed by atoms with Crippen molar-refractivity contribution >= 4 is 16.9 Å². The molecule has 0 aliphatic heterocycles. The molecule has 0 aliphatic carbocycles. The molecule has 3 aromatic rings. The summed E-state index contributed by atoms with van der Waals surface area (Å²) < 4.78 is 25.0. The van der Waals surface area contributed by atoms with Crippen LogP contribution in [0.4, 0.5) is 4.39 Å². The molecule has 26 heavy (non-hydrogen) atoms. The van der Waals surface area contributed by atoms with E-state index in [2.05, 4.69) is 6.58 Å². The minimum absolute atomic E-state index is 0.146. The number of nitrogens with zero attached hydrogens (tertiary/aromatic N) is 1. The van der Waals surface area contributed by atoms with Crippen molar-refractivity contribution in [2.75, 3.05) is 13.7 Å². The first-order chi connectivity index (χ1) is 12.5. The van der Waals surface area contributed by atoms with E-state index in [1.54, 1.807) is 61.4 Å². The second-order valence-corrected chi connectivity index (χ2v) is 5.96. The molecule has 134 valence electrons. The molecular formula is C21H20FNO3. The summed E-state index contributed by atoms with van der Waals surface area (Å²) in [5.74, 6) is 0.569. The second kappa shape index (κ2) is 7.44. The fraction of sp³-hybridized carbons (Fsp3) is 0.190. The smallest absolute Gasteiger partial charge is 0.258 e. The predicted molar refractivity (Wildman–Crippen MR) is 98.8 cm³/mol. The number of fused-ring (bicyclic) bond motifs is 1. The van der Waals surface area contributed by atoms with Gasteiger partial charge in [0.2, 0.25) is 0 Å². The van der Waals surface area contributed by atoms with Crippen molar-refractivity contribution in [2.45, 2.75) is 13.5 Å². The lowest BCUT2D eigenvalue weighted by atomic mass is 10.1. The van der Waals surface area contributed by atoms with Crippen LogP contribution in [0.2, 0.25) is 0 Å². The van der Waals surface area contributed by atoms with Gasteiger partial charge in [-0.2, -0.15) is 0 Å². The van der Waals surface area contributed by atoms with Crippen LogP contribution < -0.4 is 4.74 Å². The van der Waals surface area contributed by atoms with Crippen molar-refractivity contribution in [3.05, 3.63) is 77.8 Å². The van der Waals surface area contributed by atoms with E-state index in [0.717, 1.165) is 0 Å². The number of ether oxygens (including phenoxy) is 1. The van der Waals surface area contributed by atoms with E-state index in [1.807, 2.05) is 0 Å². The summed E-state index contributed by atoms with van der Waals surface area (Å²) in [4.78, 5) is 14.7. The molecule has 0 radical (unpaired) electrons. The largest absolute Gasteiger partial charge is 0.497 e. The van der Waals surface area contributed by atoms with Crippen LogP contribution in [-0.2, 0) is 6.54 Å². The summed E-state index contributed by atoms with van der Waals surface area (Å²) in [6.07, 6.45) is 1.62. The quantitative estimate of drug-likeness (QED) is 0.602. The van der Waals surface area contributed by atoms with Gasteiger partial charge in [-0.1, -0.05) is 24.3 Å². The van der Waals surface area contributed by atoms with Gasteiger partial charge in [-0.3, -0.25) is 4.79 Å². The minimum Gasteiger partial charge on any atom is -0.497 e. The highest BCUT2D eigenvalue weighted by molar-refractivity contribution is 6.07. The maximum Gasteiger partial charge on any atom is 0.258 e. The SMILES string of the molecule is C=CCN(Cc1ccccc1F)C(=O)c1c(C)oc2ccc(OC)cc12. The highest BCUT2D eigenvalue weighted by Gasteiger charge is 2.24. The van der Waals surface area contributed by atoms with Gasteiger partial charge in [0.1, 0.15) is 22.9 Å². The van der Waals surface area contributed by atoms with Crippen molar-refractivity contribution in [3.63, 3.8) is 0 Å². The highest BCUT2D eigenvalue weighted by Crippen LogP contribution is 2.30. The van der Waals surface area contributed by atoms with E-state index in [9.17, 15) is 9.18 Å². The molecule has 1 aromatic heterocycles. The standard InChI is InChI=1S/C21H20FNO3/c1-4-11-23(13-15-7-5-6-8-18(15)22)21(24)20-14(2)26-19-10-9-16(25-3)12-17(19)20/h4-10,12H,1,11,13H2,2-3H3. The number of amides is 1. The average Bonchev–Trinajstić information content (AvgIpc) is 2.97. The molecular weight excluding hydrogens is 333 g/mol. The van der Waals surface area contributed by atoms with Gasteiger partial charge in [-0.05, 0) is 31.2 Å². The van der Waals surface area contributed by atoms with Crippen LogP contribution in [0.5, 0.6) is 5.75 Å². The van der Waals surface area contributed by atoms with Crippen LogP contribution in [0.25, 0.3) is 11.0 Å². The number of aryl methyl sites for hydroxylation is 1. The maximum atomic E-state index is 14.0. The highest BCUT2D eigenvalue weighted by atomic mass is 19.1. The van der Waals surface area contributed by atoms with Gasteiger partial charge >= 0.3 is 0 Å². The molecule has 4 nitrogen and oxygen atoms in total. The lowest BCUT2D eigenvalue weighted by molar-refractivity contribution is 0.0761. The summed E-state index contributed by atoms with van der Waals surface area (Å²) in [7, 11) is 1.57. The predicted octanol–water partition coefficient (Wildman–Crippen LogP) is 4.72. The second-order valence-electron chi connectivity index (χ2n) is 5.96. The van der Waals surface area contributed by atoms with E-state index >= 15 is 0 Å². The Balaban J connectivity index is 2.02. The van der Waals surface area contributed by atoms with Gasteiger partial charge in [0.25, 0.3) is 5.91 Å². The first-order valence-corrected chi connectivity index (χ1v) is 8.26. The molecule has 0 spiro atoms. The van der Waals surface area contributed by atoms with Crippen molar-refractivity contribution in [3.8, 4) is 5.75 Å². The summed E-state index contributed by atoms with van der Waals surface area (Å²) in [6, 6.07) is 11.7. The summed E-state index contributed by atoms with van der Waals surface area (Å²) in [5, 5.41) is 0.675. The Bertz CT molecular complexity index is 961. The molecule has 0 fully saturated rings. The van der Waals surface area contributed by atoms with Crippen LogP contribution >= 0.6 is 0 Å². The Morgan fingerprint density at radius 1 is 1.31 bits per heavy atom. The molecule has 0 saturated heterocycles. The number of carbonyl (C=O) groups excluding carboxylic acids is 1. The zero-order valence-electron chi connectivity index (χ0n) is 14.8. The lowest BCUT2D eigenvalue weighted by Crippen LogP contribution is -2.31. The minimum atomic E-state index is -0.343. The topological polar surface area (TPSA) is 42.7 Å². The van der Waals surface area contributed by atoms with Gasteiger partial charge < -0.3 is 14.1 Å². The van der Waals surface area contributed by atoms with Gasteiger partial charge in [0, 0.05) is 24.0 Å². The van der Waals surface area contributed by atoms with Crippen LogP contribution in [-0.4, -0.2) is 24.5 Å². The number of benzene rings is 2. The number of rotatable bonds is 6. The van der Waals surface area contributed by atoms with E-state index in [1.165, 1.54) is 6.07 Å². The normalized spacial score (nSPS) is 10.7. The van der Waals surface area contributed by atoms with Crippen molar-refractivity contribution in [1.29, 1.82) is 0 Å². The van der Waals surface area contributed by atoms with Crippen LogP contribution in [0.1, 0.15) is 21.7 Å². The Labute approximate surface area is 151 Å². The number of furan rings is 1. The molecule has 3 rings (SSSR count). The van der Waals surface area contributed by atoms with E-state index < -0.39 is 0 Å². The van der Waals surface area contributed by atoms with Gasteiger partial charge in [-0.15, -0.1) is 6.58 Å². The number of carbonyl (C=O) groups is 1. The van der Waals surface area contributed by atoms with E-state index in [4.69, 9.17) is 9.15 Å². The molecule has 1 amide bonds. The van der Waals surface area contributed by atoms with Crippen molar-refractivity contribution in [1.82, 2.24) is 4.90 Å².